The lowest BCUT2D eigenvalue weighted by atomic mass is 9.96. The lowest BCUT2D eigenvalue weighted by molar-refractivity contribution is -0.136. The monoisotopic (exact) mass is 505 g/mol. The van der Waals surface area contributed by atoms with Crippen molar-refractivity contribution in [2.75, 3.05) is 4.90 Å². The highest BCUT2D eigenvalue weighted by atomic mass is 79.9. The first-order valence-electron chi connectivity index (χ1n) is 9.17. The van der Waals surface area contributed by atoms with E-state index in [0.717, 1.165) is 4.90 Å². The van der Waals surface area contributed by atoms with Crippen LogP contribution in [0.15, 0.2) is 62.0 Å². The molecule has 0 bridgehead atoms. The van der Waals surface area contributed by atoms with Crippen LogP contribution in [0.2, 0.25) is 0 Å². The number of carboxylic acid groups (broad SMARTS) is 1. The Bertz CT molecular complexity index is 1350. The minimum absolute atomic E-state index is 0.156. The van der Waals surface area contributed by atoms with Crippen LogP contribution in [-0.4, -0.2) is 21.5 Å². The van der Waals surface area contributed by atoms with E-state index >= 15 is 0 Å². The fourth-order valence-corrected chi connectivity index (χ4v) is 4.04. The Morgan fingerprint density at radius 1 is 1.03 bits per heavy atom. The Balaban J connectivity index is 1.73. The van der Waals surface area contributed by atoms with E-state index in [1.807, 2.05) is 0 Å². The van der Waals surface area contributed by atoms with Crippen molar-refractivity contribution < 1.29 is 32.1 Å². The Hall–Kier alpha value is -3.60. The van der Waals surface area contributed by atoms with E-state index in [1.165, 1.54) is 12.1 Å². The number of amides is 1. The molecule has 2 aromatic heterocycles. The van der Waals surface area contributed by atoms with Crippen LogP contribution >= 0.6 is 15.9 Å². The molecule has 4 aromatic rings. The van der Waals surface area contributed by atoms with Crippen molar-refractivity contribution in [3.63, 3.8) is 0 Å². The largest absolute Gasteiger partial charge is 0.465 e. The molecule has 0 saturated heterocycles. The summed E-state index contributed by atoms with van der Waals surface area (Å²) in [6.45, 7) is -0.272. The van der Waals surface area contributed by atoms with E-state index in [1.54, 1.807) is 36.4 Å². The number of halogens is 4. The number of alkyl halides is 3. The van der Waals surface area contributed by atoms with Gasteiger partial charge in [-0.05, 0) is 18.2 Å². The topological polar surface area (TPSA) is 92.6 Å². The molecule has 2 aromatic carbocycles. The van der Waals surface area contributed by atoms with Gasteiger partial charge in [0.25, 0.3) is 0 Å². The highest BCUT2D eigenvalue weighted by Crippen LogP contribution is 2.48. The molecule has 5 rings (SSSR count). The summed E-state index contributed by atoms with van der Waals surface area (Å²) in [4.78, 5) is 12.9. The normalized spacial score (nSPS) is 13.1. The molecule has 0 spiro atoms. The zero-order valence-corrected chi connectivity index (χ0v) is 17.4. The number of hydrogen-bond acceptors (Lipinski definition) is 5. The summed E-state index contributed by atoms with van der Waals surface area (Å²) < 4.78 is 53.2. The number of anilines is 1. The first kappa shape index (κ1) is 20.3. The summed E-state index contributed by atoms with van der Waals surface area (Å²) in [5.41, 5.74) is -0.166. The summed E-state index contributed by atoms with van der Waals surface area (Å²) >= 11 is 3.29. The van der Waals surface area contributed by atoms with Gasteiger partial charge in [-0.25, -0.2) is 4.79 Å². The lowest BCUT2D eigenvalue weighted by Gasteiger charge is -2.26. The molecule has 1 N–H and O–H groups in total. The van der Waals surface area contributed by atoms with Crippen LogP contribution in [0.4, 0.5) is 23.7 Å². The van der Waals surface area contributed by atoms with Gasteiger partial charge in [0.05, 0.1) is 17.8 Å². The van der Waals surface area contributed by atoms with Crippen molar-refractivity contribution >= 4 is 27.7 Å². The average Bonchev–Trinajstić information content (AvgIpc) is 3.37. The van der Waals surface area contributed by atoms with Crippen molar-refractivity contribution in [2.24, 2.45) is 0 Å². The maximum atomic E-state index is 14.1. The Labute approximate surface area is 186 Å². The Kier molecular flexibility index (Phi) is 4.59. The number of benzene rings is 2. The van der Waals surface area contributed by atoms with Crippen molar-refractivity contribution in [3.05, 3.63) is 64.1 Å². The van der Waals surface area contributed by atoms with Crippen molar-refractivity contribution in [1.29, 1.82) is 0 Å². The highest BCUT2D eigenvalue weighted by Gasteiger charge is 2.44. The molecule has 7 nitrogen and oxygen atoms in total. The van der Waals surface area contributed by atoms with E-state index in [2.05, 4.69) is 26.2 Å². The van der Waals surface area contributed by atoms with Gasteiger partial charge in [-0.3, -0.25) is 4.90 Å². The van der Waals surface area contributed by atoms with Crippen LogP contribution in [-0.2, 0) is 12.7 Å². The number of hydrogen-bond donors (Lipinski definition) is 1. The van der Waals surface area contributed by atoms with Crippen molar-refractivity contribution in [3.8, 4) is 34.0 Å². The van der Waals surface area contributed by atoms with E-state index < -0.39 is 29.3 Å². The smallest absolute Gasteiger partial charge is 0.422 e. The molecule has 0 aliphatic carbocycles. The van der Waals surface area contributed by atoms with Crippen LogP contribution in [0.1, 0.15) is 11.1 Å². The SMILES string of the molecule is O=C(O)N1Cc2c(noc2-c2onc(-c3ccccc3)c2C(F)(F)F)-c2ccc(Br)cc21. The van der Waals surface area contributed by atoms with Gasteiger partial charge in [0.1, 0.15) is 17.0 Å². The summed E-state index contributed by atoms with van der Waals surface area (Å²) in [6, 6.07) is 12.7. The summed E-state index contributed by atoms with van der Waals surface area (Å²) in [5, 5.41) is 17.3. The number of rotatable bonds is 2. The highest BCUT2D eigenvalue weighted by molar-refractivity contribution is 9.10. The third-order valence-corrected chi connectivity index (χ3v) is 5.56. The number of aromatic nitrogens is 2. The molecule has 162 valence electrons. The first-order chi connectivity index (χ1) is 15.3. The van der Waals surface area contributed by atoms with Crippen molar-refractivity contribution in [1.82, 2.24) is 10.3 Å². The lowest BCUT2D eigenvalue weighted by Crippen LogP contribution is -2.31. The second kappa shape index (κ2) is 7.23. The second-order valence-corrected chi connectivity index (χ2v) is 7.88. The zero-order chi connectivity index (χ0) is 22.6. The quantitative estimate of drug-likeness (QED) is 0.336. The third kappa shape index (κ3) is 3.16. The molecule has 32 heavy (non-hydrogen) atoms. The van der Waals surface area contributed by atoms with Gasteiger partial charge in [0.2, 0.25) is 11.5 Å². The molecule has 3 heterocycles. The molecule has 11 heteroatoms. The predicted octanol–water partition coefficient (Wildman–Crippen LogP) is 6.44. The summed E-state index contributed by atoms with van der Waals surface area (Å²) in [7, 11) is 0. The van der Waals surface area contributed by atoms with Crippen molar-refractivity contribution in [2.45, 2.75) is 12.7 Å². The van der Waals surface area contributed by atoms with Crippen LogP contribution in [0.3, 0.4) is 0 Å². The van der Waals surface area contributed by atoms with Gasteiger partial charge >= 0.3 is 12.3 Å². The summed E-state index contributed by atoms with van der Waals surface area (Å²) in [6.07, 6.45) is -6.09. The predicted molar refractivity (Wildman–Crippen MR) is 110 cm³/mol. The Morgan fingerprint density at radius 3 is 2.41 bits per heavy atom. The molecular weight excluding hydrogens is 495 g/mol. The van der Waals surface area contributed by atoms with Crippen LogP contribution in [0, 0.1) is 0 Å². The fourth-order valence-electron chi connectivity index (χ4n) is 3.69. The van der Waals surface area contributed by atoms with Gasteiger partial charge in [-0.15, -0.1) is 0 Å². The van der Waals surface area contributed by atoms with Crippen LogP contribution in [0.25, 0.3) is 34.0 Å². The standard InChI is InChI=1S/C21H11BrF3N3O4/c22-11-6-7-12-14(8-11)28(20(29)30)9-13-17(12)27-31-18(13)19-15(21(23,24)25)16(26-32-19)10-4-2-1-3-5-10/h1-8H,9H2,(H,29,30). The molecule has 1 amide bonds. The minimum Gasteiger partial charge on any atom is -0.465 e. The van der Waals surface area contributed by atoms with E-state index in [0.29, 0.717) is 15.7 Å². The maximum absolute atomic E-state index is 14.1. The molecule has 0 fully saturated rings. The minimum atomic E-state index is -4.82. The number of fused-ring (bicyclic) bond motifs is 3. The molecule has 1 aliphatic heterocycles. The van der Waals surface area contributed by atoms with E-state index in [-0.39, 0.29) is 29.1 Å². The van der Waals surface area contributed by atoms with E-state index in [9.17, 15) is 23.1 Å². The van der Waals surface area contributed by atoms with Crippen LogP contribution < -0.4 is 4.90 Å². The molecular formula is C21H11BrF3N3O4. The molecule has 0 radical (unpaired) electrons. The first-order valence-corrected chi connectivity index (χ1v) is 9.96. The maximum Gasteiger partial charge on any atom is 0.422 e. The van der Waals surface area contributed by atoms with Gasteiger partial charge in [0.15, 0.2) is 0 Å². The third-order valence-electron chi connectivity index (χ3n) is 5.07. The summed E-state index contributed by atoms with van der Waals surface area (Å²) in [5.74, 6) is -0.974. The Morgan fingerprint density at radius 2 is 1.72 bits per heavy atom. The van der Waals surface area contributed by atoms with Gasteiger partial charge in [-0.1, -0.05) is 56.6 Å². The molecule has 0 atom stereocenters. The second-order valence-electron chi connectivity index (χ2n) is 6.97. The van der Waals surface area contributed by atoms with Gasteiger partial charge in [-0.2, -0.15) is 13.2 Å². The zero-order valence-electron chi connectivity index (χ0n) is 15.9. The molecule has 1 aliphatic rings. The van der Waals surface area contributed by atoms with E-state index in [4.69, 9.17) is 9.05 Å². The molecule has 0 unspecified atom stereocenters. The van der Waals surface area contributed by atoms with Gasteiger partial charge in [0, 0.05) is 15.6 Å². The van der Waals surface area contributed by atoms with Crippen LogP contribution in [0.5, 0.6) is 0 Å². The number of carbonyl (C=O) groups is 1. The number of nitrogens with zero attached hydrogens (tertiary/aromatic N) is 3. The molecule has 0 saturated carbocycles. The average molecular weight is 506 g/mol. The fraction of sp³-hybridized carbons (Fsp3) is 0.0952. The van der Waals surface area contributed by atoms with Gasteiger partial charge < -0.3 is 14.2 Å².